The fraction of sp³-hybridized carbons (Fsp3) is 0.273. The van der Waals surface area contributed by atoms with E-state index in [0.29, 0.717) is 6.54 Å². The van der Waals surface area contributed by atoms with E-state index >= 15 is 0 Å². The van der Waals surface area contributed by atoms with Gasteiger partial charge in [0.25, 0.3) is 0 Å². The van der Waals surface area contributed by atoms with Crippen molar-refractivity contribution in [3.63, 3.8) is 0 Å². The van der Waals surface area contributed by atoms with Crippen molar-refractivity contribution >= 4 is 31.9 Å². The first-order valence-electron chi connectivity index (χ1n) is 4.35. The Morgan fingerprint density at radius 1 is 1.40 bits per heavy atom. The molecule has 0 aliphatic rings. The lowest BCUT2D eigenvalue weighted by Crippen LogP contribution is -2.13. The number of terminal acetylenes is 1. The zero-order chi connectivity index (χ0) is 11.3. The van der Waals surface area contributed by atoms with Crippen LogP contribution in [-0.2, 0) is 6.54 Å². The quantitative estimate of drug-likeness (QED) is 0.676. The summed E-state index contributed by atoms with van der Waals surface area (Å²) in [5.41, 5.74) is 1.14. The van der Waals surface area contributed by atoms with Crippen LogP contribution in [0.25, 0.3) is 0 Å². The Bertz CT molecular complexity index is 362. The summed E-state index contributed by atoms with van der Waals surface area (Å²) in [7, 11) is 1.64. The first-order chi connectivity index (χ1) is 7.19. The van der Waals surface area contributed by atoms with Gasteiger partial charge in [0.05, 0.1) is 22.6 Å². The van der Waals surface area contributed by atoms with E-state index in [2.05, 4.69) is 43.1 Å². The van der Waals surface area contributed by atoms with Crippen molar-refractivity contribution < 1.29 is 4.74 Å². The molecule has 1 rings (SSSR count). The van der Waals surface area contributed by atoms with Crippen molar-refractivity contribution in [3.05, 3.63) is 26.6 Å². The lowest BCUT2D eigenvalue weighted by molar-refractivity contribution is 0.409. The Balaban J connectivity index is 2.80. The van der Waals surface area contributed by atoms with E-state index in [1.165, 1.54) is 0 Å². The lowest BCUT2D eigenvalue weighted by atomic mass is 10.2. The predicted molar refractivity (Wildman–Crippen MR) is 68.9 cm³/mol. The van der Waals surface area contributed by atoms with Gasteiger partial charge in [0, 0.05) is 6.54 Å². The molecule has 1 aromatic carbocycles. The molecule has 0 fully saturated rings. The summed E-state index contributed by atoms with van der Waals surface area (Å²) >= 11 is 6.89. The molecule has 80 valence electrons. The van der Waals surface area contributed by atoms with Crippen molar-refractivity contribution in [2.75, 3.05) is 13.7 Å². The molecule has 0 saturated heterocycles. The second-order valence-corrected chi connectivity index (χ2v) is 4.61. The largest absolute Gasteiger partial charge is 0.494 e. The number of rotatable bonds is 4. The molecule has 0 amide bonds. The van der Waals surface area contributed by atoms with Crippen LogP contribution in [0, 0.1) is 12.3 Å². The number of halogens is 2. The topological polar surface area (TPSA) is 21.3 Å². The van der Waals surface area contributed by atoms with Crippen molar-refractivity contribution in [3.8, 4) is 18.1 Å². The smallest absolute Gasteiger partial charge is 0.147 e. The van der Waals surface area contributed by atoms with Gasteiger partial charge in [0.1, 0.15) is 5.75 Å². The summed E-state index contributed by atoms with van der Waals surface area (Å²) in [5, 5.41) is 3.12. The highest BCUT2D eigenvalue weighted by Crippen LogP contribution is 2.34. The third-order valence-corrected chi connectivity index (χ3v) is 3.00. The van der Waals surface area contributed by atoms with Crippen LogP contribution in [0.15, 0.2) is 21.1 Å². The molecule has 4 heteroatoms. The van der Waals surface area contributed by atoms with E-state index in [1.807, 2.05) is 12.1 Å². The number of hydrogen-bond acceptors (Lipinski definition) is 2. The third kappa shape index (κ3) is 3.53. The third-order valence-electron chi connectivity index (χ3n) is 1.82. The van der Waals surface area contributed by atoms with E-state index in [-0.39, 0.29) is 0 Å². The summed E-state index contributed by atoms with van der Waals surface area (Å²) < 4.78 is 7.07. The number of nitrogens with one attached hydrogen (secondary N) is 1. The predicted octanol–water partition coefficient (Wildman–Crippen LogP) is 2.94. The maximum Gasteiger partial charge on any atom is 0.147 e. The zero-order valence-corrected chi connectivity index (χ0v) is 11.5. The second kappa shape index (κ2) is 6.16. The maximum atomic E-state index is 5.21. The van der Waals surface area contributed by atoms with Gasteiger partial charge >= 0.3 is 0 Å². The SMILES string of the molecule is C#CCNCc1cc(Br)c(OC)c(Br)c1. The molecule has 0 radical (unpaired) electrons. The molecule has 0 bridgehead atoms. The number of benzene rings is 1. The first-order valence-corrected chi connectivity index (χ1v) is 5.93. The van der Waals surface area contributed by atoms with Gasteiger partial charge in [-0.15, -0.1) is 6.42 Å². The molecule has 0 saturated carbocycles. The Morgan fingerprint density at radius 3 is 2.47 bits per heavy atom. The number of hydrogen-bond donors (Lipinski definition) is 1. The zero-order valence-electron chi connectivity index (χ0n) is 8.31. The summed E-state index contributed by atoms with van der Waals surface area (Å²) in [6, 6.07) is 4.01. The molecule has 0 unspecified atom stereocenters. The normalized spacial score (nSPS) is 9.73. The average molecular weight is 333 g/mol. The molecule has 0 atom stereocenters. The summed E-state index contributed by atoms with van der Waals surface area (Å²) in [6.07, 6.45) is 5.15. The Morgan fingerprint density at radius 2 is 2.00 bits per heavy atom. The Kier molecular flexibility index (Phi) is 5.16. The van der Waals surface area contributed by atoms with Crippen LogP contribution < -0.4 is 10.1 Å². The molecule has 0 aromatic heterocycles. The first kappa shape index (κ1) is 12.6. The summed E-state index contributed by atoms with van der Waals surface area (Å²) in [5.74, 6) is 3.33. The molecule has 1 N–H and O–H groups in total. The van der Waals surface area contributed by atoms with Crippen molar-refractivity contribution in [1.29, 1.82) is 0 Å². The Labute approximate surface area is 107 Å². The molecular formula is C11H11Br2NO. The average Bonchev–Trinajstić information content (AvgIpc) is 2.18. The molecule has 15 heavy (non-hydrogen) atoms. The molecule has 0 spiro atoms. The fourth-order valence-electron chi connectivity index (χ4n) is 1.19. The van der Waals surface area contributed by atoms with Gasteiger partial charge in [-0.1, -0.05) is 5.92 Å². The second-order valence-electron chi connectivity index (χ2n) is 2.90. The van der Waals surface area contributed by atoms with Crippen molar-refractivity contribution in [1.82, 2.24) is 5.32 Å². The van der Waals surface area contributed by atoms with E-state index in [4.69, 9.17) is 11.2 Å². The van der Waals surface area contributed by atoms with Gasteiger partial charge in [0.15, 0.2) is 0 Å². The fourth-order valence-corrected chi connectivity index (χ4v) is 2.79. The van der Waals surface area contributed by atoms with Crippen molar-refractivity contribution in [2.45, 2.75) is 6.54 Å². The van der Waals surface area contributed by atoms with Gasteiger partial charge < -0.3 is 10.1 Å². The minimum absolute atomic E-state index is 0.571. The van der Waals surface area contributed by atoms with E-state index in [1.54, 1.807) is 7.11 Å². The van der Waals surface area contributed by atoms with Crippen LogP contribution in [0.2, 0.25) is 0 Å². The highest BCUT2D eigenvalue weighted by Gasteiger charge is 2.07. The van der Waals surface area contributed by atoms with Crippen LogP contribution in [0.1, 0.15) is 5.56 Å². The maximum absolute atomic E-state index is 5.21. The van der Waals surface area contributed by atoms with Crippen molar-refractivity contribution in [2.24, 2.45) is 0 Å². The van der Waals surface area contributed by atoms with Gasteiger partial charge in [-0.2, -0.15) is 0 Å². The monoisotopic (exact) mass is 331 g/mol. The van der Waals surface area contributed by atoms with Crippen LogP contribution in [0.5, 0.6) is 5.75 Å². The minimum atomic E-state index is 0.571. The number of methoxy groups -OCH3 is 1. The highest BCUT2D eigenvalue weighted by molar-refractivity contribution is 9.11. The minimum Gasteiger partial charge on any atom is -0.494 e. The highest BCUT2D eigenvalue weighted by atomic mass is 79.9. The summed E-state index contributed by atoms with van der Waals surface area (Å²) in [4.78, 5) is 0. The Hall–Kier alpha value is -0.500. The van der Waals surface area contributed by atoms with Gasteiger partial charge in [0.2, 0.25) is 0 Å². The molecule has 0 aliphatic heterocycles. The van der Waals surface area contributed by atoms with Crippen LogP contribution in [-0.4, -0.2) is 13.7 Å². The van der Waals surface area contributed by atoms with Crippen LogP contribution in [0.4, 0.5) is 0 Å². The van der Waals surface area contributed by atoms with E-state index in [0.717, 1.165) is 26.8 Å². The molecule has 1 aromatic rings. The van der Waals surface area contributed by atoms with E-state index in [9.17, 15) is 0 Å². The molecular weight excluding hydrogens is 322 g/mol. The molecule has 0 aliphatic carbocycles. The molecule has 0 heterocycles. The van der Waals surface area contributed by atoms with E-state index < -0.39 is 0 Å². The van der Waals surface area contributed by atoms with Gasteiger partial charge in [-0.25, -0.2) is 0 Å². The lowest BCUT2D eigenvalue weighted by Gasteiger charge is -2.09. The summed E-state index contributed by atoms with van der Waals surface area (Å²) in [6.45, 7) is 1.31. The standard InChI is InChI=1S/C11H11Br2NO/c1-3-4-14-7-8-5-9(12)11(15-2)10(13)6-8/h1,5-6,14H,4,7H2,2H3. The molecule has 2 nitrogen and oxygen atoms in total. The van der Waals surface area contributed by atoms with Crippen LogP contribution in [0.3, 0.4) is 0 Å². The van der Waals surface area contributed by atoms with Crippen LogP contribution >= 0.6 is 31.9 Å². The van der Waals surface area contributed by atoms with Gasteiger partial charge in [-0.3, -0.25) is 0 Å². The number of ether oxygens (including phenoxy) is 1. The van der Waals surface area contributed by atoms with Gasteiger partial charge in [-0.05, 0) is 49.6 Å².